The summed E-state index contributed by atoms with van der Waals surface area (Å²) in [7, 11) is 0. The molecule has 1 nitrogen and oxygen atoms in total. The highest BCUT2D eigenvalue weighted by molar-refractivity contribution is 7.26. The molecule has 0 bridgehead atoms. The van der Waals surface area contributed by atoms with Gasteiger partial charge in [0.15, 0.2) is 0 Å². The molecule has 2 heterocycles. The smallest absolute Gasteiger partial charge is 0.0640 e. The second kappa shape index (κ2) is 9.81. The molecule has 7 aromatic carbocycles. The molecular weight excluding hydrogens is 559 g/mol. The lowest BCUT2D eigenvalue weighted by molar-refractivity contribution is 1.32. The summed E-state index contributed by atoms with van der Waals surface area (Å²) in [5, 5.41) is 7.75. The van der Waals surface area contributed by atoms with E-state index in [0.717, 1.165) is 5.69 Å². The van der Waals surface area contributed by atoms with Crippen molar-refractivity contribution in [1.82, 2.24) is 0 Å². The molecule has 202 valence electrons. The molecule has 9 aromatic rings. The number of thiophene rings is 2. The van der Waals surface area contributed by atoms with Crippen LogP contribution in [0.4, 0.5) is 17.1 Å². The average molecular weight is 584 g/mol. The monoisotopic (exact) mass is 583 g/mol. The standard InChI is InChI=1S/C40H25NS2/c1-2-11-27(12-3-1)31-22-23-35(40-39(31)34-15-7-9-17-37(34)43-40)41(29-19-18-26-10-4-5-13-28(26)24-29)30-20-21-33-32-14-6-8-16-36(32)42-38(33)25-30/h1-25H. The molecule has 0 unspecified atom stereocenters. The summed E-state index contributed by atoms with van der Waals surface area (Å²) in [4.78, 5) is 2.46. The van der Waals surface area contributed by atoms with Crippen LogP contribution in [0.15, 0.2) is 152 Å². The van der Waals surface area contributed by atoms with Gasteiger partial charge in [-0.3, -0.25) is 0 Å². The van der Waals surface area contributed by atoms with E-state index < -0.39 is 0 Å². The minimum Gasteiger partial charge on any atom is -0.309 e. The van der Waals surface area contributed by atoms with E-state index in [-0.39, 0.29) is 0 Å². The molecule has 0 N–H and O–H groups in total. The molecule has 9 rings (SSSR count). The lowest BCUT2D eigenvalue weighted by Gasteiger charge is -2.27. The summed E-state index contributed by atoms with van der Waals surface area (Å²) in [6.07, 6.45) is 0. The average Bonchev–Trinajstić information content (AvgIpc) is 3.64. The van der Waals surface area contributed by atoms with Gasteiger partial charge in [-0.25, -0.2) is 0 Å². The Bertz CT molecular complexity index is 2470. The number of anilines is 3. The normalized spacial score (nSPS) is 11.7. The van der Waals surface area contributed by atoms with Gasteiger partial charge in [0.05, 0.1) is 10.4 Å². The molecule has 0 aliphatic heterocycles. The Hall–Kier alpha value is -4.96. The second-order valence-electron chi connectivity index (χ2n) is 10.9. The van der Waals surface area contributed by atoms with Crippen LogP contribution in [0.5, 0.6) is 0 Å². The van der Waals surface area contributed by atoms with E-state index in [1.807, 2.05) is 22.7 Å². The first kappa shape index (κ1) is 24.6. The first-order chi connectivity index (χ1) is 21.3. The van der Waals surface area contributed by atoms with Gasteiger partial charge in [0.25, 0.3) is 0 Å². The van der Waals surface area contributed by atoms with Crippen molar-refractivity contribution in [2.75, 3.05) is 4.90 Å². The third kappa shape index (κ3) is 3.97. The zero-order valence-corrected chi connectivity index (χ0v) is 24.8. The van der Waals surface area contributed by atoms with Gasteiger partial charge in [-0.15, -0.1) is 22.7 Å². The zero-order valence-electron chi connectivity index (χ0n) is 23.2. The van der Waals surface area contributed by atoms with Crippen molar-refractivity contribution in [3.8, 4) is 11.1 Å². The van der Waals surface area contributed by atoms with Crippen LogP contribution in [-0.2, 0) is 0 Å². The van der Waals surface area contributed by atoms with Crippen LogP contribution in [0.25, 0.3) is 62.2 Å². The first-order valence-corrected chi connectivity index (χ1v) is 16.1. The Morgan fingerprint density at radius 1 is 0.419 bits per heavy atom. The largest absolute Gasteiger partial charge is 0.309 e. The molecule has 0 aliphatic carbocycles. The number of nitrogens with zero attached hydrogens (tertiary/aromatic N) is 1. The van der Waals surface area contributed by atoms with Crippen molar-refractivity contribution in [1.29, 1.82) is 0 Å². The second-order valence-corrected chi connectivity index (χ2v) is 13.1. The summed E-state index contributed by atoms with van der Waals surface area (Å²) >= 11 is 3.76. The third-order valence-electron chi connectivity index (χ3n) is 8.44. The van der Waals surface area contributed by atoms with Crippen molar-refractivity contribution < 1.29 is 0 Å². The number of hydrogen-bond acceptors (Lipinski definition) is 3. The van der Waals surface area contributed by atoms with Crippen molar-refractivity contribution in [2.24, 2.45) is 0 Å². The molecule has 0 spiro atoms. The van der Waals surface area contributed by atoms with Crippen molar-refractivity contribution >= 4 is 90.9 Å². The molecule has 0 fully saturated rings. The van der Waals surface area contributed by atoms with E-state index in [1.165, 1.54) is 73.6 Å². The van der Waals surface area contributed by atoms with Gasteiger partial charge in [0.1, 0.15) is 0 Å². The highest BCUT2D eigenvalue weighted by atomic mass is 32.1. The fourth-order valence-corrected chi connectivity index (χ4v) is 8.82. The summed E-state index contributed by atoms with van der Waals surface area (Å²) in [5.74, 6) is 0. The Labute approximate surface area is 257 Å². The molecule has 0 amide bonds. The van der Waals surface area contributed by atoms with Crippen LogP contribution in [-0.4, -0.2) is 0 Å². The fourth-order valence-electron chi connectivity index (χ4n) is 6.45. The molecule has 2 aromatic heterocycles. The van der Waals surface area contributed by atoms with Crippen molar-refractivity contribution in [2.45, 2.75) is 0 Å². The molecule has 43 heavy (non-hydrogen) atoms. The van der Waals surface area contributed by atoms with Crippen LogP contribution >= 0.6 is 22.7 Å². The van der Waals surface area contributed by atoms with Gasteiger partial charge in [-0.05, 0) is 64.4 Å². The number of benzene rings is 7. The summed E-state index contributed by atoms with van der Waals surface area (Å²) in [6, 6.07) is 55.4. The molecular formula is C40H25NS2. The Balaban J connectivity index is 1.35. The van der Waals surface area contributed by atoms with Crippen LogP contribution in [0, 0.1) is 0 Å². The van der Waals surface area contributed by atoms with E-state index >= 15 is 0 Å². The van der Waals surface area contributed by atoms with Gasteiger partial charge >= 0.3 is 0 Å². The minimum absolute atomic E-state index is 1.16. The maximum Gasteiger partial charge on any atom is 0.0640 e. The van der Waals surface area contributed by atoms with Crippen LogP contribution in [0.3, 0.4) is 0 Å². The predicted octanol–water partition coefficient (Wildman–Crippen LogP) is 12.7. The molecule has 3 heteroatoms. The molecule has 0 saturated heterocycles. The van der Waals surface area contributed by atoms with Gasteiger partial charge in [0.2, 0.25) is 0 Å². The van der Waals surface area contributed by atoms with E-state index in [2.05, 4.69) is 157 Å². The van der Waals surface area contributed by atoms with Crippen molar-refractivity contribution in [3.63, 3.8) is 0 Å². The number of fused-ring (bicyclic) bond motifs is 7. The van der Waals surface area contributed by atoms with Gasteiger partial charge < -0.3 is 4.90 Å². The van der Waals surface area contributed by atoms with Gasteiger partial charge in [-0.2, -0.15) is 0 Å². The van der Waals surface area contributed by atoms with Gasteiger partial charge in [0, 0.05) is 47.0 Å². The maximum atomic E-state index is 2.46. The molecule has 0 atom stereocenters. The van der Waals surface area contributed by atoms with Crippen LogP contribution < -0.4 is 4.90 Å². The number of hydrogen-bond donors (Lipinski definition) is 0. The van der Waals surface area contributed by atoms with E-state index in [9.17, 15) is 0 Å². The van der Waals surface area contributed by atoms with Crippen LogP contribution in [0.2, 0.25) is 0 Å². The summed E-state index contributed by atoms with van der Waals surface area (Å²) in [6.45, 7) is 0. The lowest BCUT2D eigenvalue weighted by atomic mass is 9.98. The third-order valence-corrected chi connectivity index (χ3v) is 10.8. The Morgan fingerprint density at radius 2 is 1.07 bits per heavy atom. The van der Waals surface area contributed by atoms with Crippen LogP contribution in [0.1, 0.15) is 0 Å². The van der Waals surface area contributed by atoms with E-state index in [1.54, 1.807) is 0 Å². The highest BCUT2D eigenvalue weighted by Gasteiger charge is 2.21. The van der Waals surface area contributed by atoms with Gasteiger partial charge in [-0.1, -0.05) is 109 Å². The quantitative estimate of drug-likeness (QED) is 0.199. The molecule has 0 radical (unpaired) electrons. The minimum atomic E-state index is 1.16. The molecule has 0 aliphatic rings. The summed E-state index contributed by atoms with van der Waals surface area (Å²) in [5.41, 5.74) is 6.04. The highest BCUT2D eigenvalue weighted by Crippen LogP contribution is 2.49. The Kier molecular flexibility index (Phi) is 5.62. The zero-order chi connectivity index (χ0) is 28.3. The SMILES string of the molecule is c1ccc(-c2ccc(N(c3ccc4ccccc4c3)c3ccc4c(c3)sc3ccccc34)c3sc4ccccc4c23)cc1. The topological polar surface area (TPSA) is 3.24 Å². The lowest BCUT2D eigenvalue weighted by Crippen LogP contribution is -2.10. The fraction of sp³-hybridized carbons (Fsp3) is 0. The van der Waals surface area contributed by atoms with E-state index in [4.69, 9.17) is 0 Å². The van der Waals surface area contributed by atoms with Crippen molar-refractivity contribution in [3.05, 3.63) is 152 Å². The predicted molar refractivity (Wildman–Crippen MR) is 190 cm³/mol. The van der Waals surface area contributed by atoms with E-state index in [0.29, 0.717) is 0 Å². The Morgan fingerprint density at radius 3 is 1.93 bits per heavy atom. The summed E-state index contributed by atoms with van der Waals surface area (Å²) < 4.78 is 5.23. The number of rotatable bonds is 4. The maximum absolute atomic E-state index is 2.46. The first-order valence-electron chi connectivity index (χ1n) is 14.5. The molecule has 0 saturated carbocycles.